The van der Waals surface area contributed by atoms with Crippen molar-refractivity contribution in [3.05, 3.63) is 0 Å². The molecular formula is C14H28N2O2. The number of piperidine rings is 1. The number of carbonyl (C=O) groups excluding carboxylic acids is 1. The van der Waals surface area contributed by atoms with Gasteiger partial charge >= 0.3 is 0 Å². The normalized spacial score (nSPS) is 26.4. The summed E-state index contributed by atoms with van der Waals surface area (Å²) in [5, 5.41) is 15.5. The van der Waals surface area contributed by atoms with Crippen molar-refractivity contribution in [3.8, 4) is 0 Å². The summed E-state index contributed by atoms with van der Waals surface area (Å²) < 4.78 is 0. The number of hydrogen-bond acceptors (Lipinski definition) is 3. The lowest BCUT2D eigenvalue weighted by molar-refractivity contribution is -0.128. The van der Waals surface area contributed by atoms with Gasteiger partial charge in [0.25, 0.3) is 0 Å². The highest BCUT2D eigenvalue weighted by atomic mass is 16.3. The summed E-state index contributed by atoms with van der Waals surface area (Å²) in [4.78, 5) is 12.4. The Balaban J connectivity index is 2.68. The van der Waals surface area contributed by atoms with Gasteiger partial charge in [-0.3, -0.25) is 4.79 Å². The first-order valence-electron chi connectivity index (χ1n) is 7.01. The van der Waals surface area contributed by atoms with Gasteiger partial charge in [0.2, 0.25) is 5.91 Å². The quantitative estimate of drug-likeness (QED) is 0.697. The Bertz CT molecular complexity index is 292. The van der Waals surface area contributed by atoms with Gasteiger partial charge in [0.1, 0.15) is 0 Å². The molecule has 0 spiro atoms. The molecule has 0 aliphatic carbocycles. The van der Waals surface area contributed by atoms with Crippen LogP contribution in [-0.2, 0) is 4.79 Å². The lowest BCUT2D eigenvalue weighted by Gasteiger charge is -2.40. The molecule has 1 fully saturated rings. The topological polar surface area (TPSA) is 61.4 Å². The van der Waals surface area contributed by atoms with Crippen LogP contribution in [0.5, 0.6) is 0 Å². The molecule has 1 rings (SSSR count). The van der Waals surface area contributed by atoms with Crippen LogP contribution in [0.25, 0.3) is 0 Å². The highest BCUT2D eigenvalue weighted by molar-refractivity contribution is 5.83. The monoisotopic (exact) mass is 256 g/mol. The third kappa shape index (κ3) is 3.69. The molecule has 2 unspecified atom stereocenters. The molecule has 0 bridgehead atoms. The minimum atomic E-state index is -0.305. The zero-order chi connectivity index (χ0) is 13.8. The van der Waals surface area contributed by atoms with Gasteiger partial charge in [0.15, 0.2) is 0 Å². The Hall–Kier alpha value is -0.610. The van der Waals surface area contributed by atoms with Crippen molar-refractivity contribution in [1.82, 2.24) is 10.6 Å². The fourth-order valence-corrected chi connectivity index (χ4v) is 2.60. The molecule has 18 heavy (non-hydrogen) atoms. The van der Waals surface area contributed by atoms with E-state index < -0.39 is 0 Å². The smallest absolute Gasteiger partial charge is 0.238 e. The van der Waals surface area contributed by atoms with Gasteiger partial charge in [0, 0.05) is 12.1 Å². The maximum absolute atomic E-state index is 12.4. The SMILES string of the molecule is CCC(C)(CCO)NC(=O)C1NCCCC1(C)C. The molecule has 0 saturated carbocycles. The number of hydrogen-bond donors (Lipinski definition) is 3. The zero-order valence-corrected chi connectivity index (χ0v) is 12.2. The summed E-state index contributed by atoms with van der Waals surface area (Å²) in [5.41, 5.74) is -0.308. The Kier molecular flexibility index (Phi) is 5.17. The van der Waals surface area contributed by atoms with Crippen LogP contribution in [0.3, 0.4) is 0 Å². The van der Waals surface area contributed by atoms with Crippen LogP contribution >= 0.6 is 0 Å². The summed E-state index contributed by atoms with van der Waals surface area (Å²) in [6.07, 6.45) is 3.62. The summed E-state index contributed by atoms with van der Waals surface area (Å²) in [7, 11) is 0. The van der Waals surface area contributed by atoms with Crippen molar-refractivity contribution < 1.29 is 9.90 Å². The van der Waals surface area contributed by atoms with Crippen LogP contribution in [0.1, 0.15) is 53.4 Å². The number of amides is 1. The Morgan fingerprint density at radius 1 is 1.56 bits per heavy atom. The molecule has 4 heteroatoms. The van der Waals surface area contributed by atoms with E-state index in [0.29, 0.717) is 6.42 Å². The molecule has 2 atom stereocenters. The van der Waals surface area contributed by atoms with E-state index in [1.165, 1.54) is 0 Å². The number of aliphatic hydroxyl groups is 1. The molecule has 1 heterocycles. The van der Waals surface area contributed by atoms with Gasteiger partial charge in [-0.1, -0.05) is 20.8 Å². The first-order chi connectivity index (χ1) is 8.34. The first kappa shape index (κ1) is 15.4. The van der Waals surface area contributed by atoms with E-state index in [-0.39, 0.29) is 29.5 Å². The van der Waals surface area contributed by atoms with Gasteiger partial charge in [0.05, 0.1) is 6.04 Å². The molecular weight excluding hydrogens is 228 g/mol. The number of aliphatic hydroxyl groups excluding tert-OH is 1. The molecule has 0 aromatic heterocycles. The second-order valence-electron chi connectivity index (χ2n) is 6.36. The molecule has 0 radical (unpaired) electrons. The van der Waals surface area contributed by atoms with Crippen molar-refractivity contribution in [2.75, 3.05) is 13.2 Å². The van der Waals surface area contributed by atoms with E-state index in [1.54, 1.807) is 0 Å². The fourth-order valence-electron chi connectivity index (χ4n) is 2.60. The molecule has 1 aliphatic heterocycles. The van der Waals surface area contributed by atoms with Crippen LogP contribution in [0.4, 0.5) is 0 Å². The predicted molar refractivity (Wildman–Crippen MR) is 73.3 cm³/mol. The van der Waals surface area contributed by atoms with E-state index in [0.717, 1.165) is 25.8 Å². The van der Waals surface area contributed by atoms with Crippen molar-refractivity contribution >= 4 is 5.91 Å². The average molecular weight is 256 g/mol. The maximum Gasteiger partial charge on any atom is 0.238 e. The minimum absolute atomic E-state index is 0.00377. The maximum atomic E-state index is 12.4. The lowest BCUT2D eigenvalue weighted by Crippen LogP contribution is -2.59. The van der Waals surface area contributed by atoms with E-state index in [4.69, 9.17) is 5.11 Å². The summed E-state index contributed by atoms with van der Waals surface area (Å²) in [5.74, 6) is 0.0671. The molecule has 0 aromatic rings. The Morgan fingerprint density at radius 2 is 2.22 bits per heavy atom. The largest absolute Gasteiger partial charge is 0.396 e. The third-order valence-corrected chi connectivity index (χ3v) is 4.26. The van der Waals surface area contributed by atoms with E-state index in [9.17, 15) is 4.79 Å². The summed E-state index contributed by atoms with van der Waals surface area (Å²) in [6.45, 7) is 9.32. The molecule has 4 nitrogen and oxygen atoms in total. The third-order valence-electron chi connectivity index (χ3n) is 4.26. The number of carbonyl (C=O) groups is 1. The highest BCUT2D eigenvalue weighted by Crippen LogP contribution is 2.30. The molecule has 0 aromatic carbocycles. The molecule has 106 valence electrons. The van der Waals surface area contributed by atoms with Crippen LogP contribution < -0.4 is 10.6 Å². The summed E-state index contributed by atoms with van der Waals surface area (Å²) >= 11 is 0. The molecule has 1 aliphatic rings. The van der Waals surface area contributed by atoms with Crippen LogP contribution in [-0.4, -0.2) is 35.7 Å². The Morgan fingerprint density at radius 3 is 2.72 bits per heavy atom. The highest BCUT2D eigenvalue weighted by Gasteiger charge is 2.39. The van der Waals surface area contributed by atoms with Gasteiger partial charge in [-0.2, -0.15) is 0 Å². The van der Waals surface area contributed by atoms with Gasteiger partial charge < -0.3 is 15.7 Å². The van der Waals surface area contributed by atoms with Gasteiger partial charge in [-0.25, -0.2) is 0 Å². The predicted octanol–water partition coefficient (Wildman–Crippen LogP) is 1.43. The van der Waals surface area contributed by atoms with Crippen molar-refractivity contribution in [2.45, 2.75) is 65.0 Å². The lowest BCUT2D eigenvalue weighted by atomic mass is 9.76. The van der Waals surface area contributed by atoms with Crippen molar-refractivity contribution in [2.24, 2.45) is 5.41 Å². The number of rotatable bonds is 5. The Labute approximate surface area is 111 Å². The van der Waals surface area contributed by atoms with Gasteiger partial charge in [-0.15, -0.1) is 0 Å². The van der Waals surface area contributed by atoms with Crippen LogP contribution in [0.15, 0.2) is 0 Å². The van der Waals surface area contributed by atoms with Crippen molar-refractivity contribution in [1.29, 1.82) is 0 Å². The average Bonchev–Trinajstić information content (AvgIpc) is 2.28. The second-order valence-corrected chi connectivity index (χ2v) is 6.36. The van der Waals surface area contributed by atoms with Crippen LogP contribution in [0.2, 0.25) is 0 Å². The molecule has 1 saturated heterocycles. The van der Waals surface area contributed by atoms with E-state index >= 15 is 0 Å². The zero-order valence-electron chi connectivity index (χ0n) is 12.2. The second kappa shape index (κ2) is 6.02. The number of nitrogens with one attached hydrogen (secondary N) is 2. The van der Waals surface area contributed by atoms with E-state index in [1.807, 2.05) is 13.8 Å². The van der Waals surface area contributed by atoms with Crippen molar-refractivity contribution in [3.63, 3.8) is 0 Å². The first-order valence-corrected chi connectivity index (χ1v) is 7.01. The standard InChI is InChI=1S/C14H28N2O2/c1-5-14(4,8-10-17)16-12(18)11-13(2,3)7-6-9-15-11/h11,15,17H,5-10H2,1-4H3,(H,16,18). The molecule has 3 N–H and O–H groups in total. The van der Waals surface area contributed by atoms with Crippen LogP contribution in [0, 0.1) is 5.41 Å². The molecule has 1 amide bonds. The summed E-state index contributed by atoms with van der Waals surface area (Å²) in [6, 6.07) is -0.129. The fraction of sp³-hybridized carbons (Fsp3) is 0.929. The van der Waals surface area contributed by atoms with Gasteiger partial charge in [-0.05, 0) is 44.6 Å². The minimum Gasteiger partial charge on any atom is -0.396 e. The van der Waals surface area contributed by atoms with E-state index in [2.05, 4.69) is 24.5 Å².